The summed E-state index contributed by atoms with van der Waals surface area (Å²) in [7, 11) is 0. The maximum absolute atomic E-state index is 11.1. The van der Waals surface area contributed by atoms with Gasteiger partial charge in [-0.2, -0.15) is 0 Å². The van der Waals surface area contributed by atoms with Gasteiger partial charge in [-0.15, -0.1) is 0 Å². The number of carbonyl (C=O) groups excluding carboxylic acids is 2. The first-order valence-corrected chi connectivity index (χ1v) is 20.9. The molecule has 0 bridgehead atoms. The summed E-state index contributed by atoms with van der Waals surface area (Å²) in [5.74, 6) is -0.250. The van der Waals surface area contributed by atoms with Gasteiger partial charge in [0.25, 0.3) is 0 Å². The fourth-order valence-corrected chi connectivity index (χ4v) is 13.0. The van der Waals surface area contributed by atoms with Crippen molar-refractivity contribution in [2.75, 3.05) is 4.90 Å². The third-order valence-electron chi connectivity index (χ3n) is 4.46. The Morgan fingerprint density at radius 2 is 1.46 bits per heavy atom. The molecule has 1 fully saturated rings. The van der Waals surface area contributed by atoms with E-state index in [0.29, 0.717) is 12.1 Å². The van der Waals surface area contributed by atoms with Gasteiger partial charge in [0.2, 0.25) is 0 Å². The van der Waals surface area contributed by atoms with Crippen LogP contribution in [0.25, 0.3) is 0 Å². The summed E-state index contributed by atoms with van der Waals surface area (Å²) in [6.07, 6.45) is 2.29. The van der Waals surface area contributed by atoms with Crippen molar-refractivity contribution in [3.63, 3.8) is 0 Å². The summed E-state index contributed by atoms with van der Waals surface area (Å²) in [6, 6.07) is 9.62. The van der Waals surface area contributed by atoms with Gasteiger partial charge in [0, 0.05) is 0 Å². The number of hydrogen-bond acceptors (Lipinski definition) is 5. The van der Waals surface area contributed by atoms with Gasteiger partial charge in [-0.1, -0.05) is 0 Å². The average Bonchev–Trinajstić information content (AvgIpc) is 2.90. The molecule has 0 N–H and O–H groups in total. The van der Waals surface area contributed by atoms with Crippen LogP contribution in [0.4, 0.5) is 5.69 Å². The van der Waals surface area contributed by atoms with E-state index < -0.39 is 50.1 Å². The topological polar surface area (TPSA) is 55.8 Å². The molecular weight excluding hydrogens is 683 g/mol. The molecule has 0 aromatic heterocycles. The van der Waals surface area contributed by atoms with Gasteiger partial charge in [-0.3, -0.25) is 0 Å². The standard InChI is InChI=1S/C13H17N.2C2H4O2.2Hg/c1-10-4-8-13(9-5-10)14-11(2)6-7-12(14)3;2*1-2(3)4;;/h4-5,8-9,11-12H,2-3,6-7H2,1H3;2*1H3,(H,3,4);;/q;;;2*+1/p-2. The van der Waals surface area contributed by atoms with Crippen molar-refractivity contribution in [3.8, 4) is 0 Å². The minimum atomic E-state index is -1.59. The normalized spacial score (nSPS) is 19.4. The molecule has 1 heterocycles. The third-order valence-corrected chi connectivity index (χ3v) is 16.2. The molecule has 0 spiro atoms. The van der Waals surface area contributed by atoms with Gasteiger partial charge in [0.1, 0.15) is 0 Å². The van der Waals surface area contributed by atoms with Gasteiger partial charge < -0.3 is 0 Å². The second-order valence-electron chi connectivity index (χ2n) is 6.39. The molecule has 0 aliphatic carbocycles. The molecule has 0 radical (unpaired) electrons. The molecule has 2 unspecified atom stereocenters. The van der Waals surface area contributed by atoms with E-state index in [-0.39, 0.29) is 11.9 Å². The molecule has 5 nitrogen and oxygen atoms in total. The van der Waals surface area contributed by atoms with Crippen molar-refractivity contribution >= 4 is 17.6 Å². The number of anilines is 1. The van der Waals surface area contributed by atoms with Crippen molar-refractivity contribution in [3.05, 3.63) is 29.8 Å². The van der Waals surface area contributed by atoms with Crippen LogP contribution in [0.5, 0.6) is 0 Å². The van der Waals surface area contributed by atoms with E-state index in [9.17, 15) is 9.59 Å². The summed E-state index contributed by atoms with van der Waals surface area (Å²) >= 11 is -3.19. The van der Waals surface area contributed by atoms with Gasteiger partial charge in [-0.25, -0.2) is 0 Å². The quantitative estimate of drug-likeness (QED) is 0.408. The number of hydrogen-bond donors (Lipinski definition) is 0. The van der Waals surface area contributed by atoms with Gasteiger partial charge in [0.15, 0.2) is 0 Å². The van der Waals surface area contributed by atoms with Crippen LogP contribution in [0.1, 0.15) is 32.3 Å². The number of benzene rings is 1. The van der Waals surface area contributed by atoms with Crippen LogP contribution in [-0.2, 0) is 64.9 Å². The van der Waals surface area contributed by atoms with Gasteiger partial charge >= 0.3 is 171 Å². The minimum absolute atomic E-state index is 0.125. The van der Waals surface area contributed by atoms with Crippen LogP contribution in [0, 0.1) is 6.92 Å². The van der Waals surface area contributed by atoms with E-state index in [1.54, 1.807) is 0 Å². The zero-order chi connectivity index (χ0) is 17.5. The van der Waals surface area contributed by atoms with Crippen LogP contribution < -0.4 is 4.90 Å². The second-order valence-corrected chi connectivity index (χ2v) is 16.3. The van der Waals surface area contributed by atoms with Crippen molar-refractivity contribution in [1.82, 2.24) is 0 Å². The molecule has 1 aliphatic rings. The van der Waals surface area contributed by atoms with Crippen molar-refractivity contribution < 1.29 is 64.9 Å². The van der Waals surface area contributed by atoms with E-state index >= 15 is 0 Å². The van der Waals surface area contributed by atoms with E-state index in [4.69, 9.17) is 5.29 Å². The number of nitrogens with zero attached hydrogens (tertiary/aromatic N) is 1. The van der Waals surface area contributed by atoms with E-state index in [0.717, 1.165) is 20.7 Å². The number of aryl methyl sites for hydroxylation is 1. The molecule has 7 heteroatoms. The summed E-state index contributed by atoms with van der Waals surface area (Å²) in [6.45, 7) is 5.10. The summed E-state index contributed by atoms with van der Waals surface area (Å²) < 4.78 is 12.8. The molecule has 1 saturated heterocycles. The van der Waals surface area contributed by atoms with Crippen LogP contribution in [0.15, 0.2) is 24.3 Å². The number of carbonyl (C=O) groups is 2. The average molecular weight is 707 g/mol. The molecule has 1 aliphatic heterocycles. The fourth-order valence-electron chi connectivity index (χ4n) is 3.34. The van der Waals surface area contributed by atoms with Crippen LogP contribution in [0.2, 0.25) is 7.86 Å². The Morgan fingerprint density at radius 1 is 1.00 bits per heavy atom. The Morgan fingerprint density at radius 3 is 1.88 bits per heavy atom. The second kappa shape index (κ2) is 10.1. The number of rotatable bonds is 7. The molecule has 0 amide bonds. The first kappa shape index (κ1) is 20.1. The van der Waals surface area contributed by atoms with Crippen molar-refractivity contribution in [2.45, 2.75) is 53.6 Å². The maximum atomic E-state index is 11.1. The Bertz CT molecular complexity index is 536. The Balaban J connectivity index is 2.05. The molecule has 2 atom stereocenters. The monoisotopic (exact) mass is 709 g/mol. The Kier molecular flexibility index (Phi) is 8.47. The van der Waals surface area contributed by atoms with Gasteiger partial charge in [-0.05, 0) is 0 Å². The Labute approximate surface area is 169 Å². The van der Waals surface area contributed by atoms with E-state index in [2.05, 4.69) is 36.1 Å². The molecule has 0 saturated carbocycles. The van der Waals surface area contributed by atoms with Gasteiger partial charge in [0.05, 0.1) is 0 Å². The summed E-state index contributed by atoms with van der Waals surface area (Å²) in [5, 5.41) is 0. The van der Waals surface area contributed by atoms with Crippen molar-refractivity contribution in [2.24, 2.45) is 0 Å². The molecule has 1 aromatic rings. The summed E-state index contributed by atoms with van der Waals surface area (Å²) in [5.41, 5.74) is 2.51. The predicted octanol–water partition coefficient (Wildman–Crippen LogP) is 3.29. The fraction of sp³-hybridized carbons (Fsp3) is 0.529. The zero-order valence-corrected chi connectivity index (χ0v) is 25.8. The van der Waals surface area contributed by atoms with Crippen LogP contribution in [0.3, 0.4) is 0 Å². The van der Waals surface area contributed by atoms with Crippen LogP contribution >= 0.6 is 0 Å². The molecule has 1 aromatic carbocycles. The molecule has 24 heavy (non-hydrogen) atoms. The first-order valence-electron chi connectivity index (χ1n) is 8.59. The first-order chi connectivity index (χ1) is 11.5. The predicted molar refractivity (Wildman–Crippen MR) is 83.6 cm³/mol. The molecule has 124 valence electrons. The van der Waals surface area contributed by atoms with E-state index in [1.807, 2.05) is 0 Å². The molecular formula is C17H23Hg2NO4. The van der Waals surface area contributed by atoms with Crippen molar-refractivity contribution in [1.29, 1.82) is 0 Å². The SMILES string of the molecule is CC(=O)[O][Hg][CH2]C1CCC([CH2][Hg][O]C(C)=O)N1c1ccc(C)cc1. The third kappa shape index (κ3) is 6.28. The molecule has 2 rings (SSSR count). The van der Waals surface area contributed by atoms with Crippen LogP contribution in [-0.4, -0.2) is 24.0 Å². The summed E-state index contributed by atoms with van der Waals surface area (Å²) in [4.78, 5) is 24.6. The van der Waals surface area contributed by atoms with E-state index in [1.165, 1.54) is 25.1 Å². The Hall–Kier alpha value is -0.170. The zero-order valence-electron chi connectivity index (χ0n) is 14.8.